The Bertz CT molecular complexity index is 1980. The SMILES string of the molecule is CC1(C)OB(c2ccc([C@@H]3CCN(c4ccc(-c5ccc(OCc6ccccc6)nc5OCc5ccccc5)cc4F)CC3(F)F)cc2)OC1(C)C. The van der Waals surface area contributed by atoms with Gasteiger partial charge in [-0.15, -0.1) is 0 Å². The molecule has 0 N–H and O–H groups in total. The second-order valence-corrected chi connectivity index (χ2v) is 14.5. The van der Waals surface area contributed by atoms with E-state index in [1.807, 2.05) is 88.4 Å². The lowest BCUT2D eigenvalue weighted by molar-refractivity contribution is -0.0332. The summed E-state index contributed by atoms with van der Waals surface area (Å²) in [6.45, 7) is 8.14. The summed E-state index contributed by atoms with van der Waals surface area (Å²) in [4.78, 5) is 6.06. The molecule has 2 fully saturated rings. The van der Waals surface area contributed by atoms with Crippen LogP contribution >= 0.6 is 0 Å². The normalized spacial score (nSPS) is 19.0. The van der Waals surface area contributed by atoms with Crippen LogP contribution in [0.1, 0.15) is 56.7 Å². The molecule has 2 aliphatic heterocycles. The molecule has 1 atom stereocenters. The van der Waals surface area contributed by atoms with Gasteiger partial charge in [0.15, 0.2) is 0 Å². The van der Waals surface area contributed by atoms with E-state index in [1.54, 1.807) is 48.5 Å². The quantitative estimate of drug-likeness (QED) is 0.135. The second-order valence-electron chi connectivity index (χ2n) is 14.5. The van der Waals surface area contributed by atoms with E-state index in [0.29, 0.717) is 29.2 Å². The average Bonchev–Trinajstić information content (AvgIpc) is 3.36. The molecule has 6 nitrogen and oxygen atoms in total. The third-order valence-corrected chi connectivity index (χ3v) is 10.3. The zero-order chi connectivity index (χ0) is 36.5. The summed E-state index contributed by atoms with van der Waals surface area (Å²) < 4.78 is 71.8. The third-order valence-electron chi connectivity index (χ3n) is 10.3. The highest BCUT2D eigenvalue weighted by Gasteiger charge is 2.52. The number of rotatable bonds is 10. The number of piperidine rings is 1. The molecule has 0 radical (unpaired) electrons. The highest BCUT2D eigenvalue weighted by molar-refractivity contribution is 6.62. The smallest absolute Gasteiger partial charge is 0.473 e. The van der Waals surface area contributed by atoms with Crippen molar-refractivity contribution >= 4 is 18.3 Å². The van der Waals surface area contributed by atoms with Gasteiger partial charge in [-0.1, -0.05) is 91.0 Å². The molecule has 2 saturated heterocycles. The van der Waals surface area contributed by atoms with Gasteiger partial charge in [-0.25, -0.2) is 13.2 Å². The van der Waals surface area contributed by atoms with Gasteiger partial charge in [0.25, 0.3) is 5.92 Å². The van der Waals surface area contributed by atoms with Crippen LogP contribution in [0.15, 0.2) is 115 Å². The van der Waals surface area contributed by atoms with E-state index in [1.165, 1.54) is 11.0 Å². The summed E-state index contributed by atoms with van der Waals surface area (Å²) in [6, 6.07) is 34.6. The van der Waals surface area contributed by atoms with Crippen LogP contribution in [0.4, 0.5) is 18.9 Å². The number of hydrogen-bond acceptors (Lipinski definition) is 6. The number of aromatic nitrogens is 1. The molecule has 3 heterocycles. The van der Waals surface area contributed by atoms with Crippen molar-refractivity contribution in [2.24, 2.45) is 0 Å². The number of hydrogen-bond donors (Lipinski definition) is 0. The molecular formula is C42H42BF3N2O4. The molecule has 268 valence electrons. The monoisotopic (exact) mass is 706 g/mol. The molecule has 0 saturated carbocycles. The predicted molar refractivity (Wildman–Crippen MR) is 198 cm³/mol. The van der Waals surface area contributed by atoms with Crippen LogP contribution in [-0.2, 0) is 22.5 Å². The Kier molecular flexibility index (Phi) is 9.80. The fourth-order valence-corrected chi connectivity index (χ4v) is 6.64. The summed E-state index contributed by atoms with van der Waals surface area (Å²) in [7, 11) is -0.569. The van der Waals surface area contributed by atoms with E-state index in [-0.39, 0.29) is 31.1 Å². The van der Waals surface area contributed by atoms with E-state index >= 15 is 13.2 Å². The molecule has 10 heteroatoms. The van der Waals surface area contributed by atoms with Crippen molar-refractivity contribution in [2.75, 3.05) is 18.0 Å². The van der Waals surface area contributed by atoms with E-state index in [4.69, 9.17) is 18.8 Å². The molecule has 0 aliphatic carbocycles. The highest BCUT2D eigenvalue weighted by Crippen LogP contribution is 2.43. The maximum absolute atomic E-state index is 15.9. The first-order chi connectivity index (χ1) is 24.9. The number of benzene rings is 4. The van der Waals surface area contributed by atoms with Crippen LogP contribution in [0.3, 0.4) is 0 Å². The highest BCUT2D eigenvalue weighted by atomic mass is 19.3. The van der Waals surface area contributed by atoms with Crippen molar-refractivity contribution in [3.63, 3.8) is 0 Å². The number of halogens is 3. The van der Waals surface area contributed by atoms with Gasteiger partial charge in [0.2, 0.25) is 11.8 Å². The molecule has 0 unspecified atom stereocenters. The number of anilines is 1. The zero-order valence-corrected chi connectivity index (χ0v) is 29.8. The van der Waals surface area contributed by atoms with E-state index in [2.05, 4.69) is 4.98 Å². The first-order valence-electron chi connectivity index (χ1n) is 17.6. The fourth-order valence-electron chi connectivity index (χ4n) is 6.64. The largest absolute Gasteiger partial charge is 0.494 e. The minimum Gasteiger partial charge on any atom is -0.473 e. The van der Waals surface area contributed by atoms with Crippen LogP contribution in [0.5, 0.6) is 11.8 Å². The maximum atomic E-state index is 15.9. The molecule has 52 heavy (non-hydrogen) atoms. The van der Waals surface area contributed by atoms with Gasteiger partial charge < -0.3 is 23.7 Å². The predicted octanol–water partition coefficient (Wildman–Crippen LogP) is 8.97. The van der Waals surface area contributed by atoms with Crippen molar-refractivity contribution in [1.82, 2.24) is 4.98 Å². The number of ether oxygens (including phenoxy) is 2. The Morgan fingerprint density at radius 3 is 1.98 bits per heavy atom. The Morgan fingerprint density at radius 1 is 0.769 bits per heavy atom. The van der Waals surface area contributed by atoms with E-state index in [0.717, 1.165) is 16.6 Å². The molecular weight excluding hydrogens is 664 g/mol. The molecule has 4 aromatic carbocycles. The summed E-state index contributed by atoms with van der Waals surface area (Å²) >= 11 is 0. The van der Waals surface area contributed by atoms with Crippen LogP contribution in [0.25, 0.3) is 11.1 Å². The van der Waals surface area contributed by atoms with Gasteiger partial charge >= 0.3 is 7.12 Å². The Labute approximate surface area is 303 Å². The van der Waals surface area contributed by atoms with Gasteiger partial charge in [-0.3, -0.25) is 0 Å². The Hall–Kier alpha value is -4.80. The lowest BCUT2D eigenvalue weighted by Gasteiger charge is -2.40. The molecule has 0 bridgehead atoms. The van der Waals surface area contributed by atoms with Crippen molar-refractivity contribution < 1.29 is 32.0 Å². The van der Waals surface area contributed by atoms with Gasteiger partial charge in [0.05, 0.1) is 29.4 Å². The van der Waals surface area contributed by atoms with Gasteiger partial charge in [0.1, 0.15) is 19.0 Å². The van der Waals surface area contributed by atoms with Crippen LogP contribution in [0, 0.1) is 5.82 Å². The average molecular weight is 707 g/mol. The molecule has 7 rings (SSSR count). The van der Waals surface area contributed by atoms with Gasteiger partial charge in [-0.2, -0.15) is 4.98 Å². The van der Waals surface area contributed by atoms with Crippen LogP contribution < -0.4 is 19.8 Å². The minimum atomic E-state index is -3.09. The molecule has 2 aliphatic rings. The number of alkyl halides is 2. The molecule has 0 amide bonds. The van der Waals surface area contributed by atoms with Crippen molar-refractivity contribution in [2.45, 2.75) is 70.4 Å². The van der Waals surface area contributed by atoms with Crippen molar-refractivity contribution in [3.05, 3.63) is 138 Å². The molecule has 5 aromatic rings. The summed E-state index contributed by atoms with van der Waals surface area (Å²) in [6.07, 6.45) is 0.163. The summed E-state index contributed by atoms with van der Waals surface area (Å²) in [5, 5.41) is 0. The Balaban J connectivity index is 1.06. The first kappa shape index (κ1) is 35.6. The minimum absolute atomic E-state index is 0.125. The van der Waals surface area contributed by atoms with Crippen LogP contribution in [-0.4, -0.2) is 42.3 Å². The lowest BCUT2D eigenvalue weighted by atomic mass is 9.77. The third kappa shape index (κ3) is 7.54. The van der Waals surface area contributed by atoms with Crippen molar-refractivity contribution in [1.29, 1.82) is 0 Å². The zero-order valence-electron chi connectivity index (χ0n) is 29.8. The second kappa shape index (κ2) is 14.3. The first-order valence-corrected chi connectivity index (χ1v) is 17.6. The summed E-state index contributed by atoms with van der Waals surface area (Å²) in [5.74, 6) is -4.06. The van der Waals surface area contributed by atoms with E-state index in [9.17, 15) is 0 Å². The van der Waals surface area contributed by atoms with Gasteiger partial charge in [0, 0.05) is 18.2 Å². The summed E-state index contributed by atoms with van der Waals surface area (Å²) in [5.41, 5.74) is 3.44. The molecule has 0 spiro atoms. The topological polar surface area (TPSA) is 53.1 Å². The van der Waals surface area contributed by atoms with Gasteiger partial charge in [-0.05, 0) is 80.0 Å². The Morgan fingerprint density at radius 2 is 1.38 bits per heavy atom. The number of nitrogens with zero attached hydrogens (tertiary/aromatic N) is 2. The van der Waals surface area contributed by atoms with Crippen molar-refractivity contribution in [3.8, 4) is 22.9 Å². The molecule has 1 aromatic heterocycles. The lowest BCUT2D eigenvalue weighted by Crippen LogP contribution is -2.48. The number of pyridine rings is 1. The van der Waals surface area contributed by atoms with Crippen LogP contribution in [0.2, 0.25) is 0 Å². The fraction of sp³-hybridized carbons (Fsp3) is 0.310. The van der Waals surface area contributed by atoms with E-state index < -0.39 is 42.5 Å². The maximum Gasteiger partial charge on any atom is 0.494 e. The standard InChI is InChI=1S/C42H42BF3N2O4/c1-40(2)41(3,4)52-43(51-40)33-18-15-31(16-19-33)35-23-24-48(28-42(35,45)46)37-21-17-32(25-36(37)44)34-20-22-38(49-26-29-11-7-5-8-12-29)47-39(34)50-27-30-13-9-6-10-14-30/h5-22,25,35H,23-24,26-28H2,1-4H3/t35-/m0/s1.